The van der Waals surface area contributed by atoms with Gasteiger partial charge in [-0.3, -0.25) is 9.59 Å². The molecule has 134 valence electrons. The van der Waals surface area contributed by atoms with E-state index < -0.39 is 0 Å². The quantitative estimate of drug-likeness (QED) is 0.538. The van der Waals surface area contributed by atoms with Gasteiger partial charge in [-0.15, -0.1) is 0 Å². The Morgan fingerprint density at radius 3 is 2.00 bits per heavy atom. The van der Waals surface area contributed by atoms with Crippen LogP contribution in [0.1, 0.15) is 32.1 Å². The van der Waals surface area contributed by atoms with Gasteiger partial charge in [-0.2, -0.15) is 0 Å². The Morgan fingerprint density at radius 2 is 1.52 bits per heavy atom. The fourth-order valence-electron chi connectivity index (χ4n) is 2.58. The molecule has 2 heterocycles. The standard InChI is InChI=1S/C8H13BrO3.C8H14O3/c1-11-8(10)7(9)6-2-4-12-5-3-6;1-10-8(9)6-7-2-4-11-5-3-7/h6-7H,2-5H2,1H3;7H,2-6H2,1H3. The van der Waals surface area contributed by atoms with Crippen LogP contribution in [0.3, 0.4) is 0 Å². The molecule has 0 aliphatic carbocycles. The third-order valence-corrected chi connectivity index (χ3v) is 5.25. The first-order chi connectivity index (χ1) is 11.1. The fourth-order valence-corrected chi connectivity index (χ4v) is 3.30. The first-order valence-electron chi connectivity index (χ1n) is 8.02. The highest BCUT2D eigenvalue weighted by molar-refractivity contribution is 9.10. The third-order valence-electron chi connectivity index (χ3n) is 4.13. The molecule has 0 aromatic rings. The van der Waals surface area contributed by atoms with E-state index in [4.69, 9.17) is 9.47 Å². The van der Waals surface area contributed by atoms with Gasteiger partial charge in [-0.1, -0.05) is 15.9 Å². The van der Waals surface area contributed by atoms with E-state index in [1.807, 2.05) is 0 Å². The monoisotopic (exact) mass is 394 g/mol. The van der Waals surface area contributed by atoms with Gasteiger partial charge in [-0.05, 0) is 37.5 Å². The molecule has 0 bridgehead atoms. The topological polar surface area (TPSA) is 71.1 Å². The Bertz CT molecular complexity index is 350. The first-order valence-corrected chi connectivity index (χ1v) is 8.94. The molecule has 7 heteroatoms. The number of hydrogen-bond acceptors (Lipinski definition) is 6. The Morgan fingerprint density at radius 1 is 1.00 bits per heavy atom. The van der Waals surface area contributed by atoms with Crippen molar-refractivity contribution < 1.29 is 28.5 Å². The molecule has 0 aromatic heterocycles. The summed E-state index contributed by atoms with van der Waals surface area (Å²) in [6, 6.07) is 0. The van der Waals surface area contributed by atoms with Gasteiger partial charge in [0.2, 0.25) is 0 Å². The molecule has 2 aliphatic rings. The van der Waals surface area contributed by atoms with Gasteiger partial charge >= 0.3 is 11.9 Å². The molecular weight excluding hydrogens is 368 g/mol. The van der Waals surface area contributed by atoms with Crippen molar-refractivity contribution >= 4 is 27.9 Å². The second-order valence-electron chi connectivity index (χ2n) is 5.71. The maximum Gasteiger partial charge on any atom is 0.319 e. The Balaban J connectivity index is 0.000000231. The SMILES string of the molecule is COC(=O)C(Br)C1CCOCC1.COC(=O)CC1CCOCC1. The van der Waals surface area contributed by atoms with Gasteiger partial charge in [0, 0.05) is 32.8 Å². The van der Waals surface area contributed by atoms with E-state index in [-0.39, 0.29) is 16.8 Å². The van der Waals surface area contributed by atoms with Crippen LogP contribution in [0.5, 0.6) is 0 Å². The Labute approximate surface area is 146 Å². The minimum Gasteiger partial charge on any atom is -0.469 e. The minimum absolute atomic E-state index is 0.100. The number of carbonyl (C=O) groups is 2. The number of alkyl halides is 1. The lowest BCUT2D eigenvalue weighted by Crippen LogP contribution is -2.30. The van der Waals surface area contributed by atoms with Gasteiger partial charge in [-0.25, -0.2) is 0 Å². The number of esters is 2. The molecule has 2 saturated heterocycles. The Kier molecular flexibility index (Phi) is 10.5. The number of carbonyl (C=O) groups excluding carboxylic acids is 2. The maximum absolute atomic E-state index is 11.1. The molecule has 1 atom stereocenters. The number of methoxy groups -OCH3 is 2. The molecule has 1 unspecified atom stereocenters. The summed E-state index contributed by atoms with van der Waals surface area (Å²) in [6.45, 7) is 3.09. The molecule has 0 aromatic carbocycles. The molecule has 6 nitrogen and oxygen atoms in total. The summed E-state index contributed by atoms with van der Waals surface area (Å²) in [4.78, 5) is 21.8. The van der Waals surface area contributed by atoms with Crippen LogP contribution < -0.4 is 0 Å². The molecule has 2 rings (SSSR count). The number of hydrogen-bond donors (Lipinski definition) is 0. The van der Waals surface area contributed by atoms with Gasteiger partial charge in [0.05, 0.1) is 14.2 Å². The molecule has 2 aliphatic heterocycles. The van der Waals surface area contributed by atoms with Crippen molar-refractivity contribution in [2.24, 2.45) is 11.8 Å². The largest absolute Gasteiger partial charge is 0.469 e. The zero-order valence-corrected chi connectivity index (χ0v) is 15.5. The molecule has 0 spiro atoms. The molecule has 0 N–H and O–H groups in total. The molecule has 0 radical (unpaired) electrons. The van der Waals surface area contributed by atoms with Crippen molar-refractivity contribution in [3.63, 3.8) is 0 Å². The summed E-state index contributed by atoms with van der Waals surface area (Å²) in [6.07, 6.45) is 4.42. The second kappa shape index (κ2) is 11.8. The Hall–Kier alpha value is -0.660. The van der Waals surface area contributed by atoms with Crippen LogP contribution in [-0.2, 0) is 28.5 Å². The van der Waals surface area contributed by atoms with Crippen LogP contribution in [0.4, 0.5) is 0 Å². The summed E-state index contributed by atoms with van der Waals surface area (Å²) in [5.41, 5.74) is 0. The fraction of sp³-hybridized carbons (Fsp3) is 0.875. The smallest absolute Gasteiger partial charge is 0.319 e. The normalized spacial score (nSPS) is 20.8. The summed E-state index contributed by atoms with van der Waals surface area (Å²) < 4.78 is 19.6. The van der Waals surface area contributed by atoms with Crippen molar-refractivity contribution in [2.45, 2.75) is 36.9 Å². The molecular formula is C16H27BrO6. The lowest BCUT2D eigenvalue weighted by Gasteiger charge is -2.24. The highest BCUT2D eigenvalue weighted by Gasteiger charge is 2.27. The summed E-state index contributed by atoms with van der Waals surface area (Å²) in [5, 5.41) is 0. The zero-order chi connectivity index (χ0) is 17.1. The maximum atomic E-state index is 11.1. The molecule has 2 fully saturated rings. The predicted octanol–water partition coefficient (Wildman–Crippen LogP) is 2.33. The van der Waals surface area contributed by atoms with E-state index in [1.165, 1.54) is 14.2 Å². The summed E-state index contributed by atoms with van der Waals surface area (Å²) >= 11 is 3.33. The average molecular weight is 395 g/mol. The number of rotatable bonds is 4. The lowest BCUT2D eigenvalue weighted by molar-refractivity contribution is -0.143. The minimum atomic E-state index is -0.179. The summed E-state index contributed by atoms with van der Waals surface area (Å²) in [5.74, 6) is 0.571. The van der Waals surface area contributed by atoms with Crippen molar-refractivity contribution in [1.29, 1.82) is 0 Å². The highest BCUT2D eigenvalue weighted by atomic mass is 79.9. The number of halogens is 1. The van der Waals surface area contributed by atoms with E-state index in [2.05, 4.69) is 25.4 Å². The molecule has 23 heavy (non-hydrogen) atoms. The van der Waals surface area contributed by atoms with Crippen molar-refractivity contribution in [3.8, 4) is 0 Å². The van der Waals surface area contributed by atoms with E-state index in [1.54, 1.807) is 0 Å². The van der Waals surface area contributed by atoms with Crippen molar-refractivity contribution in [2.75, 3.05) is 40.6 Å². The van der Waals surface area contributed by atoms with Gasteiger partial charge < -0.3 is 18.9 Å². The van der Waals surface area contributed by atoms with Gasteiger partial charge in [0.25, 0.3) is 0 Å². The van der Waals surface area contributed by atoms with Gasteiger partial charge in [0.15, 0.2) is 0 Å². The van der Waals surface area contributed by atoms with E-state index in [0.717, 1.165) is 52.1 Å². The van der Waals surface area contributed by atoms with Crippen LogP contribution in [0.2, 0.25) is 0 Å². The molecule has 0 amide bonds. The number of ether oxygens (including phenoxy) is 4. The van der Waals surface area contributed by atoms with Gasteiger partial charge in [0.1, 0.15) is 4.83 Å². The van der Waals surface area contributed by atoms with Crippen LogP contribution in [0.15, 0.2) is 0 Å². The van der Waals surface area contributed by atoms with Crippen LogP contribution in [-0.4, -0.2) is 57.4 Å². The van der Waals surface area contributed by atoms with E-state index in [0.29, 0.717) is 18.3 Å². The lowest BCUT2D eigenvalue weighted by atomic mass is 9.97. The van der Waals surface area contributed by atoms with Crippen LogP contribution >= 0.6 is 15.9 Å². The first kappa shape index (κ1) is 20.4. The predicted molar refractivity (Wildman–Crippen MR) is 88.5 cm³/mol. The van der Waals surface area contributed by atoms with Crippen molar-refractivity contribution in [1.82, 2.24) is 0 Å². The van der Waals surface area contributed by atoms with Crippen LogP contribution in [0.25, 0.3) is 0 Å². The summed E-state index contributed by atoms with van der Waals surface area (Å²) in [7, 11) is 2.84. The average Bonchev–Trinajstić information content (AvgIpc) is 2.62. The highest BCUT2D eigenvalue weighted by Crippen LogP contribution is 2.24. The zero-order valence-electron chi connectivity index (χ0n) is 13.9. The van der Waals surface area contributed by atoms with Crippen molar-refractivity contribution in [3.05, 3.63) is 0 Å². The third kappa shape index (κ3) is 8.13. The second-order valence-corrected chi connectivity index (χ2v) is 6.70. The van der Waals surface area contributed by atoms with E-state index >= 15 is 0 Å². The molecule has 0 saturated carbocycles. The van der Waals surface area contributed by atoms with Crippen LogP contribution in [0, 0.1) is 11.8 Å². The van der Waals surface area contributed by atoms with E-state index in [9.17, 15) is 9.59 Å².